The zero-order valence-corrected chi connectivity index (χ0v) is 11.2. The standard InChI is InChI=1S/C15H20N2O2/c1-2-9-16-14(18)8-7-12-10-11-5-3-4-6-13(11)17-15(12)19/h3-6,12H,2,7-10H2,1H3,(H,16,18)(H,17,19)/t12-/m0/s1. The Morgan fingerprint density at radius 2 is 2.21 bits per heavy atom. The van der Waals surface area contributed by atoms with Crippen LogP contribution in [0.15, 0.2) is 24.3 Å². The molecular formula is C15H20N2O2. The summed E-state index contributed by atoms with van der Waals surface area (Å²) in [5.74, 6) is -0.0298. The lowest BCUT2D eigenvalue weighted by atomic mass is 9.89. The second-order valence-electron chi connectivity index (χ2n) is 4.94. The van der Waals surface area contributed by atoms with Crippen molar-refractivity contribution in [1.82, 2.24) is 5.32 Å². The Balaban J connectivity index is 1.89. The van der Waals surface area contributed by atoms with E-state index in [9.17, 15) is 9.59 Å². The van der Waals surface area contributed by atoms with Crippen LogP contribution in [0.4, 0.5) is 5.69 Å². The van der Waals surface area contributed by atoms with E-state index >= 15 is 0 Å². The third-order valence-corrected chi connectivity index (χ3v) is 3.40. The molecular weight excluding hydrogens is 240 g/mol. The number of carbonyl (C=O) groups excluding carboxylic acids is 2. The fourth-order valence-corrected chi connectivity index (χ4v) is 2.30. The highest BCUT2D eigenvalue weighted by Crippen LogP contribution is 2.27. The highest BCUT2D eigenvalue weighted by atomic mass is 16.2. The number of anilines is 1. The number of carbonyl (C=O) groups is 2. The van der Waals surface area contributed by atoms with E-state index < -0.39 is 0 Å². The zero-order valence-electron chi connectivity index (χ0n) is 11.2. The van der Waals surface area contributed by atoms with Gasteiger partial charge < -0.3 is 10.6 Å². The molecule has 19 heavy (non-hydrogen) atoms. The summed E-state index contributed by atoms with van der Waals surface area (Å²) < 4.78 is 0. The monoisotopic (exact) mass is 260 g/mol. The van der Waals surface area contributed by atoms with Gasteiger partial charge in [0, 0.05) is 24.6 Å². The van der Waals surface area contributed by atoms with E-state index in [0.717, 1.165) is 24.1 Å². The van der Waals surface area contributed by atoms with Crippen LogP contribution in [0.1, 0.15) is 31.7 Å². The Hall–Kier alpha value is -1.84. The van der Waals surface area contributed by atoms with Crippen LogP contribution in [0, 0.1) is 5.92 Å². The molecule has 4 heteroatoms. The molecule has 1 aliphatic heterocycles. The van der Waals surface area contributed by atoms with Crippen LogP contribution in [-0.2, 0) is 16.0 Å². The Morgan fingerprint density at radius 3 is 3.00 bits per heavy atom. The van der Waals surface area contributed by atoms with Crippen molar-refractivity contribution < 1.29 is 9.59 Å². The van der Waals surface area contributed by atoms with Gasteiger partial charge in [0.1, 0.15) is 0 Å². The van der Waals surface area contributed by atoms with E-state index in [-0.39, 0.29) is 17.7 Å². The van der Waals surface area contributed by atoms with Crippen molar-refractivity contribution in [3.05, 3.63) is 29.8 Å². The molecule has 1 aromatic rings. The van der Waals surface area contributed by atoms with Crippen molar-refractivity contribution >= 4 is 17.5 Å². The number of benzene rings is 1. The number of amides is 2. The summed E-state index contributed by atoms with van der Waals surface area (Å²) in [5, 5.41) is 5.74. The quantitative estimate of drug-likeness (QED) is 0.851. The molecule has 102 valence electrons. The van der Waals surface area contributed by atoms with Gasteiger partial charge in [-0.05, 0) is 30.9 Å². The number of fused-ring (bicyclic) bond motifs is 1. The number of hydrogen-bond donors (Lipinski definition) is 2. The van der Waals surface area contributed by atoms with Gasteiger partial charge >= 0.3 is 0 Å². The van der Waals surface area contributed by atoms with Gasteiger partial charge in [-0.15, -0.1) is 0 Å². The summed E-state index contributed by atoms with van der Waals surface area (Å²) in [6.45, 7) is 2.73. The molecule has 1 atom stereocenters. The Bertz CT molecular complexity index is 471. The maximum Gasteiger partial charge on any atom is 0.227 e. The van der Waals surface area contributed by atoms with E-state index in [2.05, 4.69) is 10.6 Å². The lowest BCUT2D eigenvalue weighted by Gasteiger charge is -2.24. The van der Waals surface area contributed by atoms with Crippen LogP contribution >= 0.6 is 0 Å². The van der Waals surface area contributed by atoms with Crippen LogP contribution in [0.2, 0.25) is 0 Å². The van der Waals surface area contributed by atoms with Crippen LogP contribution in [0.25, 0.3) is 0 Å². The van der Waals surface area contributed by atoms with Gasteiger partial charge in [0.2, 0.25) is 11.8 Å². The molecule has 0 fully saturated rings. The fraction of sp³-hybridized carbons (Fsp3) is 0.467. The minimum atomic E-state index is -0.0951. The molecule has 0 bridgehead atoms. The number of para-hydroxylation sites is 1. The van der Waals surface area contributed by atoms with Gasteiger partial charge in [0.05, 0.1) is 0 Å². The molecule has 2 N–H and O–H groups in total. The van der Waals surface area contributed by atoms with Crippen LogP contribution < -0.4 is 10.6 Å². The first-order chi connectivity index (χ1) is 9.20. The molecule has 0 aliphatic carbocycles. The SMILES string of the molecule is CCCNC(=O)CC[C@H]1Cc2ccccc2NC1=O. The van der Waals surface area contributed by atoms with Crippen molar-refractivity contribution in [3.63, 3.8) is 0 Å². The molecule has 2 amide bonds. The number of nitrogens with one attached hydrogen (secondary N) is 2. The lowest BCUT2D eigenvalue weighted by molar-refractivity contribution is -0.122. The van der Waals surface area contributed by atoms with Gasteiger partial charge in [-0.2, -0.15) is 0 Å². The first-order valence-electron chi connectivity index (χ1n) is 6.86. The molecule has 0 aromatic heterocycles. The third-order valence-electron chi connectivity index (χ3n) is 3.40. The van der Waals surface area contributed by atoms with Gasteiger partial charge in [-0.25, -0.2) is 0 Å². The Labute approximate surface area is 113 Å². The summed E-state index contributed by atoms with van der Waals surface area (Å²) in [6, 6.07) is 7.83. The van der Waals surface area contributed by atoms with E-state index in [1.165, 1.54) is 0 Å². The van der Waals surface area contributed by atoms with Gasteiger partial charge in [0.25, 0.3) is 0 Å². The molecule has 1 heterocycles. The maximum absolute atomic E-state index is 11.9. The smallest absolute Gasteiger partial charge is 0.227 e. The van der Waals surface area contributed by atoms with E-state index in [0.29, 0.717) is 19.4 Å². The Kier molecular flexibility index (Phi) is 4.55. The van der Waals surface area contributed by atoms with Crippen molar-refractivity contribution in [1.29, 1.82) is 0 Å². The molecule has 0 saturated carbocycles. The second kappa shape index (κ2) is 6.36. The molecule has 1 aliphatic rings. The minimum absolute atomic E-state index is 0.0296. The van der Waals surface area contributed by atoms with Crippen molar-refractivity contribution in [2.45, 2.75) is 32.6 Å². The molecule has 0 spiro atoms. The first kappa shape index (κ1) is 13.6. The highest BCUT2D eigenvalue weighted by Gasteiger charge is 2.25. The van der Waals surface area contributed by atoms with Crippen molar-refractivity contribution in [2.24, 2.45) is 5.92 Å². The topological polar surface area (TPSA) is 58.2 Å². The molecule has 2 rings (SSSR count). The number of hydrogen-bond acceptors (Lipinski definition) is 2. The minimum Gasteiger partial charge on any atom is -0.356 e. The molecule has 0 unspecified atom stereocenters. The van der Waals surface area contributed by atoms with E-state index in [4.69, 9.17) is 0 Å². The van der Waals surface area contributed by atoms with Crippen LogP contribution in [0.3, 0.4) is 0 Å². The highest BCUT2D eigenvalue weighted by molar-refractivity contribution is 5.96. The summed E-state index contributed by atoms with van der Waals surface area (Å²) >= 11 is 0. The van der Waals surface area contributed by atoms with Gasteiger partial charge in [0.15, 0.2) is 0 Å². The van der Waals surface area contributed by atoms with Crippen molar-refractivity contribution in [3.8, 4) is 0 Å². The van der Waals surface area contributed by atoms with E-state index in [1.54, 1.807) is 0 Å². The molecule has 0 radical (unpaired) electrons. The predicted octanol–water partition coefficient (Wildman–Crippen LogP) is 2.10. The lowest BCUT2D eigenvalue weighted by Crippen LogP contribution is -2.31. The summed E-state index contributed by atoms with van der Waals surface area (Å²) in [5.41, 5.74) is 2.06. The average Bonchev–Trinajstić information content (AvgIpc) is 2.42. The van der Waals surface area contributed by atoms with Crippen LogP contribution in [-0.4, -0.2) is 18.4 Å². The second-order valence-corrected chi connectivity index (χ2v) is 4.94. The molecule has 1 aromatic carbocycles. The Morgan fingerprint density at radius 1 is 1.42 bits per heavy atom. The molecule has 0 saturated heterocycles. The van der Waals surface area contributed by atoms with Crippen LogP contribution in [0.5, 0.6) is 0 Å². The fourth-order valence-electron chi connectivity index (χ4n) is 2.30. The number of rotatable bonds is 5. The van der Waals surface area contributed by atoms with Gasteiger partial charge in [-0.1, -0.05) is 25.1 Å². The summed E-state index contributed by atoms with van der Waals surface area (Å²) in [7, 11) is 0. The van der Waals surface area contributed by atoms with E-state index in [1.807, 2.05) is 31.2 Å². The summed E-state index contributed by atoms with van der Waals surface area (Å²) in [6.07, 6.45) is 2.68. The van der Waals surface area contributed by atoms with Crippen molar-refractivity contribution in [2.75, 3.05) is 11.9 Å². The third kappa shape index (κ3) is 3.56. The first-order valence-corrected chi connectivity index (χ1v) is 6.86. The molecule has 4 nitrogen and oxygen atoms in total. The van der Waals surface area contributed by atoms with Gasteiger partial charge in [-0.3, -0.25) is 9.59 Å². The largest absolute Gasteiger partial charge is 0.356 e. The normalized spacial score (nSPS) is 17.5. The average molecular weight is 260 g/mol. The zero-order chi connectivity index (χ0) is 13.7. The maximum atomic E-state index is 11.9. The summed E-state index contributed by atoms with van der Waals surface area (Å²) in [4.78, 5) is 23.5. The predicted molar refractivity (Wildman–Crippen MR) is 74.8 cm³/mol.